The van der Waals surface area contributed by atoms with Crippen molar-refractivity contribution < 1.29 is 14.3 Å². The normalized spacial score (nSPS) is 10.4. The van der Waals surface area contributed by atoms with Gasteiger partial charge in [0.05, 0.1) is 12.1 Å². The van der Waals surface area contributed by atoms with Crippen LogP contribution in [0.3, 0.4) is 0 Å². The van der Waals surface area contributed by atoms with E-state index >= 15 is 0 Å². The molecule has 1 aromatic heterocycles. The van der Waals surface area contributed by atoms with Gasteiger partial charge in [0.15, 0.2) is 0 Å². The van der Waals surface area contributed by atoms with E-state index in [2.05, 4.69) is 31.2 Å². The molecule has 1 N–H and O–H groups in total. The van der Waals surface area contributed by atoms with Crippen molar-refractivity contribution in [3.8, 4) is 0 Å². The summed E-state index contributed by atoms with van der Waals surface area (Å²) >= 11 is 0. The van der Waals surface area contributed by atoms with Crippen LogP contribution in [-0.2, 0) is 13.0 Å². The van der Waals surface area contributed by atoms with Gasteiger partial charge >= 0.3 is 5.97 Å². The molecule has 0 amide bonds. The van der Waals surface area contributed by atoms with Gasteiger partial charge < -0.3 is 14.4 Å². The SMILES string of the molecule is CCc1ccc(N(C)Cc2cc(C(=O)O)co2)cc1. The van der Waals surface area contributed by atoms with Crippen LogP contribution in [0.25, 0.3) is 0 Å². The summed E-state index contributed by atoms with van der Waals surface area (Å²) in [6, 6.07) is 9.85. The zero-order valence-electron chi connectivity index (χ0n) is 11.1. The number of hydrogen-bond acceptors (Lipinski definition) is 3. The van der Waals surface area contributed by atoms with Crippen molar-refractivity contribution in [2.24, 2.45) is 0 Å². The van der Waals surface area contributed by atoms with Gasteiger partial charge in [-0.25, -0.2) is 4.79 Å². The average molecular weight is 259 g/mol. The van der Waals surface area contributed by atoms with Crippen molar-refractivity contribution in [2.75, 3.05) is 11.9 Å². The smallest absolute Gasteiger partial charge is 0.338 e. The van der Waals surface area contributed by atoms with E-state index in [1.807, 2.05) is 11.9 Å². The van der Waals surface area contributed by atoms with E-state index in [4.69, 9.17) is 9.52 Å². The highest BCUT2D eigenvalue weighted by Gasteiger charge is 2.10. The Morgan fingerprint density at radius 1 is 1.32 bits per heavy atom. The average Bonchev–Trinajstić information content (AvgIpc) is 2.87. The molecule has 0 atom stereocenters. The first-order valence-corrected chi connectivity index (χ1v) is 6.21. The minimum absolute atomic E-state index is 0.185. The molecule has 0 aliphatic rings. The Hall–Kier alpha value is -2.23. The molecule has 1 aromatic carbocycles. The number of benzene rings is 1. The summed E-state index contributed by atoms with van der Waals surface area (Å²) in [5.74, 6) is -0.329. The molecule has 19 heavy (non-hydrogen) atoms. The number of anilines is 1. The zero-order chi connectivity index (χ0) is 13.8. The summed E-state index contributed by atoms with van der Waals surface area (Å²) in [6.45, 7) is 2.66. The molecule has 100 valence electrons. The number of nitrogens with zero attached hydrogens (tertiary/aromatic N) is 1. The van der Waals surface area contributed by atoms with Gasteiger partial charge in [0, 0.05) is 12.7 Å². The molecule has 0 radical (unpaired) electrons. The maximum absolute atomic E-state index is 10.8. The second-order valence-electron chi connectivity index (χ2n) is 4.48. The summed E-state index contributed by atoms with van der Waals surface area (Å²) < 4.78 is 5.24. The molecule has 0 aliphatic heterocycles. The Bertz CT molecular complexity index is 557. The van der Waals surface area contributed by atoms with Crippen molar-refractivity contribution in [1.29, 1.82) is 0 Å². The molecule has 1 heterocycles. The van der Waals surface area contributed by atoms with Crippen molar-refractivity contribution in [3.05, 3.63) is 53.5 Å². The first-order valence-electron chi connectivity index (χ1n) is 6.21. The second-order valence-corrected chi connectivity index (χ2v) is 4.48. The number of hydrogen-bond donors (Lipinski definition) is 1. The predicted octanol–water partition coefficient (Wildman–Crippen LogP) is 3.18. The van der Waals surface area contributed by atoms with Crippen LogP contribution in [0.15, 0.2) is 41.0 Å². The minimum Gasteiger partial charge on any atom is -0.478 e. The van der Waals surface area contributed by atoms with Crippen molar-refractivity contribution in [1.82, 2.24) is 0 Å². The molecular formula is C15H17NO3. The van der Waals surface area contributed by atoms with Gasteiger partial charge in [-0.1, -0.05) is 19.1 Å². The second kappa shape index (κ2) is 5.61. The fourth-order valence-corrected chi connectivity index (χ4v) is 1.89. The van der Waals surface area contributed by atoms with Crippen molar-refractivity contribution in [2.45, 2.75) is 19.9 Å². The summed E-state index contributed by atoms with van der Waals surface area (Å²) in [7, 11) is 1.95. The van der Waals surface area contributed by atoms with Gasteiger partial charge in [-0.2, -0.15) is 0 Å². The molecule has 0 bridgehead atoms. The highest BCUT2D eigenvalue weighted by molar-refractivity contribution is 5.87. The monoisotopic (exact) mass is 259 g/mol. The van der Waals surface area contributed by atoms with Crippen LogP contribution in [0.5, 0.6) is 0 Å². The van der Waals surface area contributed by atoms with Crippen LogP contribution in [-0.4, -0.2) is 18.1 Å². The molecule has 4 heteroatoms. The first kappa shape index (κ1) is 13.2. The lowest BCUT2D eigenvalue weighted by Gasteiger charge is -2.18. The van der Waals surface area contributed by atoms with Crippen LogP contribution < -0.4 is 4.90 Å². The summed E-state index contributed by atoms with van der Waals surface area (Å²) in [4.78, 5) is 12.8. The van der Waals surface area contributed by atoms with E-state index in [1.165, 1.54) is 11.8 Å². The van der Waals surface area contributed by atoms with Gasteiger partial charge in [0.1, 0.15) is 12.0 Å². The molecule has 0 saturated heterocycles. The van der Waals surface area contributed by atoms with Crippen LogP contribution in [0.1, 0.15) is 28.6 Å². The van der Waals surface area contributed by atoms with Crippen LogP contribution in [0, 0.1) is 0 Å². The highest BCUT2D eigenvalue weighted by Crippen LogP contribution is 2.18. The predicted molar refractivity (Wildman–Crippen MR) is 73.6 cm³/mol. The fraction of sp³-hybridized carbons (Fsp3) is 0.267. The molecule has 0 unspecified atom stereocenters. The van der Waals surface area contributed by atoms with Crippen LogP contribution in [0.2, 0.25) is 0 Å². The fourth-order valence-electron chi connectivity index (χ4n) is 1.89. The Balaban J connectivity index is 2.06. The number of rotatable bonds is 5. The number of aryl methyl sites for hydroxylation is 1. The largest absolute Gasteiger partial charge is 0.478 e. The molecule has 4 nitrogen and oxygen atoms in total. The van der Waals surface area contributed by atoms with Crippen molar-refractivity contribution >= 4 is 11.7 Å². The maximum atomic E-state index is 10.8. The molecular weight excluding hydrogens is 242 g/mol. The molecule has 0 fully saturated rings. The summed E-state index contributed by atoms with van der Waals surface area (Å²) in [5.41, 5.74) is 2.55. The summed E-state index contributed by atoms with van der Waals surface area (Å²) in [5, 5.41) is 8.83. The van der Waals surface area contributed by atoms with E-state index < -0.39 is 5.97 Å². The van der Waals surface area contributed by atoms with Gasteiger partial charge in [-0.3, -0.25) is 0 Å². The number of aromatic carboxylic acids is 1. The number of carboxylic acid groups (broad SMARTS) is 1. The van der Waals surface area contributed by atoms with Gasteiger partial charge in [0.2, 0.25) is 0 Å². The summed E-state index contributed by atoms with van der Waals surface area (Å²) in [6.07, 6.45) is 2.29. The third-order valence-corrected chi connectivity index (χ3v) is 3.08. The van der Waals surface area contributed by atoms with E-state index in [1.54, 1.807) is 6.07 Å². The van der Waals surface area contributed by atoms with E-state index in [0.717, 1.165) is 12.1 Å². The minimum atomic E-state index is -0.968. The van der Waals surface area contributed by atoms with Crippen LogP contribution in [0.4, 0.5) is 5.69 Å². The lowest BCUT2D eigenvalue weighted by Crippen LogP contribution is -2.15. The molecule has 2 aromatic rings. The van der Waals surface area contributed by atoms with E-state index in [9.17, 15) is 4.79 Å². The van der Waals surface area contributed by atoms with Gasteiger partial charge in [0.25, 0.3) is 0 Å². The lowest BCUT2D eigenvalue weighted by atomic mass is 10.1. The molecule has 0 saturated carbocycles. The van der Waals surface area contributed by atoms with Gasteiger partial charge in [-0.05, 0) is 30.2 Å². The Labute approximate surface area is 112 Å². The Morgan fingerprint density at radius 2 is 2.00 bits per heavy atom. The molecule has 0 spiro atoms. The Kier molecular flexibility index (Phi) is 3.90. The van der Waals surface area contributed by atoms with Gasteiger partial charge in [-0.15, -0.1) is 0 Å². The zero-order valence-corrected chi connectivity index (χ0v) is 11.1. The maximum Gasteiger partial charge on any atom is 0.338 e. The number of furan rings is 1. The van der Waals surface area contributed by atoms with Crippen LogP contribution >= 0.6 is 0 Å². The van der Waals surface area contributed by atoms with E-state index in [0.29, 0.717) is 12.3 Å². The lowest BCUT2D eigenvalue weighted by molar-refractivity contribution is 0.0696. The molecule has 0 aliphatic carbocycles. The Morgan fingerprint density at radius 3 is 2.53 bits per heavy atom. The third kappa shape index (κ3) is 3.16. The number of carbonyl (C=O) groups is 1. The van der Waals surface area contributed by atoms with E-state index in [-0.39, 0.29) is 5.56 Å². The standard InChI is InChI=1S/C15H17NO3/c1-3-11-4-6-13(7-5-11)16(2)9-14-8-12(10-19-14)15(17)18/h4-8,10H,3,9H2,1-2H3,(H,17,18). The number of carboxylic acids is 1. The quantitative estimate of drug-likeness (QED) is 0.896. The first-order chi connectivity index (χ1) is 9.10. The highest BCUT2D eigenvalue weighted by atomic mass is 16.4. The molecule has 2 rings (SSSR count). The van der Waals surface area contributed by atoms with Crippen molar-refractivity contribution in [3.63, 3.8) is 0 Å². The third-order valence-electron chi connectivity index (χ3n) is 3.08. The topological polar surface area (TPSA) is 53.7 Å².